The van der Waals surface area contributed by atoms with Crippen LogP contribution in [0.3, 0.4) is 0 Å². The van der Waals surface area contributed by atoms with Crippen molar-refractivity contribution in [1.29, 1.82) is 0 Å². The minimum atomic E-state index is 0.318. The molecule has 0 amide bonds. The maximum Gasteiger partial charge on any atom is 0.165 e. The Labute approximate surface area is 92.6 Å². The lowest BCUT2D eigenvalue weighted by molar-refractivity contribution is 0.0967. The first-order chi connectivity index (χ1) is 6.68. The highest BCUT2D eigenvalue weighted by Gasteiger charge is 2.30. The lowest BCUT2D eigenvalue weighted by Crippen LogP contribution is -2.00. The van der Waals surface area contributed by atoms with Gasteiger partial charge < -0.3 is 0 Å². The van der Waals surface area contributed by atoms with E-state index in [-0.39, 0.29) is 0 Å². The quantitative estimate of drug-likeness (QED) is 0.592. The monoisotopic (exact) mass is 252 g/mol. The van der Waals surface area contributed by atoms with Gasteiger partial charge in [0.2, 0.25) is 0 Å². The second-order valence-corrected chi connectivity index (χ2v) is 5.25. The maximum absolute atomic E-state index is 11.7. The van der Waals surface area contributed by atoms with E-state index in [0.717, 1.165) is 18.4 Å². The first-order valence-corrected chi connectivity index (χ1v) is 5.88. The Morgan fingerprint density at radius 1 is 1.36 bits per heavy atom. The van der Waals surface area contributed by atoms with Crippen molar-refractivity contribution in [3.63, 3.8) is 0 Å². The molecule has 1 aliphatic rings. The number of alkyl halides is 1. The molecule has 1 atom stereocenters. The molecule has 1 aromatic carbocycles. The predicted molar refractivity (Wildman–Crippen MR) is 60.8 cm³/mol. The third kappa shape index (κ3) is 2.06. The largest absolute Gasteiger partial charge is 0.294 e. The van der Waals surface area contributed by atoms with Crippen LogP contribution in [0.4, 0.5) is 0 Å². The van der Waals surface area contributed by atoms with Crippen LogP contribution in [-0.2, 0) is 0 Å². The fourth-order valence-corrected chi connectivity index (χ4v) is 1.80. The molecule has 1 nitrogen and oxygen atoms in total. The van der Waals surface area contributed by atoms with E-state index in [2.05, 4.69) is 22.9 Å². The molecule has 0 radical (unpaired) electrons. The van der Waals surface area contributed by atoms with Crippen LogP contribution < -0.4 is 0 Å². The van der Waals surface area contributed by atoms with Crippen molar-refractivity contribution in [3.8, 4) is 0 Å². The molecule has 14 heavy (non-hydrogen) atoms. The third-order valence-corrected chi connectivity index (χ3v) is 3.13. The van der Waals surface area contributed by atoms with E-state index in [9.17, 15) is 4.79 Å². The Kier molecular flexibility index (Phi) is 2.73. The minimum Gasteiger partial charge on any atom is -0.294 e. The topological polar surface area (TPSA) is 17.1 Å². The van der Waals surface area contributed by atoms with Gasteiger partial charge in [0.05, 0.1) is 0 Å². The van der Waals surface area contributed by atoms with Crippen LogP contribution in [0.2, 0.25) is 0 Å². The number of hydrogen-bond acceptors (Lipinski definition) is 1. The Bertz CT molecular complexity index is 336. The summed E-state index contributed by atoms with van der Waals surface area (Å²) in [6.07, 6.45) is 2.16. The summed E-state index contributed by atoms with van der Waals surface area (Å²) in [5, 5.41) is 0. The van der Waals surface area contributed by atoms with Gasteiger partial charge >= 0.3 is 0 Å². The minimum absolute atomic E-state index is 0.318. The van der Waals surface area contributed by atoms with Crippen LogP contribution in [0.25, 0.3) is 0 Å². The summed E-state index contributed by atoms with van der Waals surface area (Å²) in [7, 11) is 0. The molecule has 0 N–H and O–H groups in total. The predicted octanol–water partition coefficient (Wildman–Crippen LogP) is 3.74. The van der Waals surface area contributed by atoms with Gasteiger partial charge in [-0.05, 0) is 25.3 Å². The van der Waals surface area contributed by atoms with E-state index in [4.69, 9.17) is 0 Å². The van der Waals surface area contributed by atoms with E-state index in [1.807, 2.05) is 24.3 Å². The van der Waals surface area contributed by atoms with E-state index in [0.29, 0.717) is 16.5 Å². The molecule has 0 spiro atoms. The van der Waals surface area contributed by atoms with Gasteiger partial charge in [-0.1, -0.05) is 40.2 Å². The second kappa shape index (κ2) is 3.85. The van der Waals surface area contributed by atoms with E-state index < -0.39 is 0 Å². The van der Waals surface area contributed by atoms with Crippen LogP contribution in [0.1, 0.15) is 40.5 Å². The number of Topliss-reactive ketones (excluding diaryl/α,β-unsaturated/α-hetero) is 1. The van der Waals surface area contributed by atoms with E-state index in [1.165, 1.54) is 5.56 Å². The number of rotatable bonds is 3. The van der Waals surface area contributed by atoms with Crippen LogP contribution in [0.15, 0.2) is 24.3 Å². The normalized spacial score (nSPS) is 17.9. The molecule has 1 aliphatic carbocycles. The average molecular weight is 253 g/mol. The van der Waals surface area contributed by atoms with Gasteiger partial charge in [-0.3, -0.25) is 4.79 Å². The number of hydrogen-bond donors (Lipinski definition) is 0. The van der Waals surface area contributed by atoms with Crippen LogP contribution >= 0.6 is 15.9 Å². The zero-order valence-corrected chi connectivity index (χ0v) is 9.75. The van der Waals surface area contributed by atoms with Crippen LogP contribution in [0.5, 0.6) is 0 Å². The summed E-state index contributed by atoms with van der Waals surface area (Å²) in [5.74, 6) is 0.640. The molecule has 0 saturated heterocycles. The van der Waals surface area contributed by atoms with Gasteiger partial charge in [0, 0.05) is 16.3 Å². The van der Waals surface area contributed by atoms with Crippen molar-refractivity contribution in [3.05, 3.63) is 35.4 Å². The third-order valence-electron chi connectivity index (χ3n) is 2.60. The number of carbonyl (C=O) groups is 1. The standard InChI is InChI=1S/C12H13BrO/c1-8(13)9-2-4-10(5-3-9)12(14)11-6-7-11/h2-5,8,11H,6-7H2,1H3. The van der Waals surface area contributed by atoms with Gasteiger partial charge in [-0.15, -0.1) is 0 Å². The first-order valence-electron chi connectivity index (χ1n) is 4.96. The summed E-state index contributed by atoms with van der Waals surface area (Å²) >= 11 is 3.50. The number of benzene rings is 1. The highest BCUT2D eigenvalue weighted by molar-refractivity contribution is 9.09. The van der Waals surface area contributed by atoms with Crippen LogP contribution in [0, 0.1) is 5.92 Å². The van der Waals surface area contributed by atoms with Crippen molar-refractivity contribution >= 4 is 21.7 Å². The average Bonchev–Trinajstić information content (AvgIpc) is 3.00. The highest BCUT2D eigenvalue weighted by Crippen LogP contribution is 2.33. The summed E-state index contributed by atoms with van der Waals surface area (Å²) < 4.78 is 0. The summed E-state index contributed by atoms with van der Waals surface area (Å²) in [6, 6.07) is 7.92. The molecule has 0 heterocycles. The number of ketones is 1. The zero-order valence-electron chi connectivity index (χ0n) is 8.16. The molecule has 2 rings (SSSR count). The molecule has 1 aromatic rings. The molecule has 0 bridgehead atoms. The molecule has 74 valence electrons. The van der Waals surface area contributed by atoms with Gasteiger partial charge in [0.15, 0.2) is 5.78 Å². The van der Waals surface area contributed by atoms with E-state index >= 15 is 0 Å². The zero-order chi connectivity index (χ0) is 10.1. The van der Waals surface area contributed by atoms with Gasteiger partial charge in [-0.25, -0.2) is 0 Å². The molecule has 2 heteroatoms. The Morgan fingerprint density at radius 3 is 2.36 bits per heavy atom. The fraction of sp³-hybridized carbons (Fsp3) is 0.417. The molecule has 0 aromatic heterocycles. The molecular weight excluding hydrogens is 240 g/mol. The first kappa shape index (κ1) is 9.91. The summed E-state index contributed by atoms with van der Waals surface area (Å²) in [4.78, 5) is 12.0. The van der Waals surface area contributed by atoms with Gasteiger partial charge in [0.25, 0.3) is 0 Å². The second-order valence-electron chi connectivity index (χ2n) is 3.88. The molecule has 1 unspecified atom stereocenters. The smallest absolute Gasteiger partial charge is 0.165 e. The van der Waals surface area contributed by atoms with Crippen molar-refractivity contribution in [2.75, 3.05) is 0 Å². The lowest BCUT2D eigenvalue weighted by atomic mass is 10.0. The van der Waals surface area contributed by atoms with Crippen molar-refractivity contribution in [2.24, 2.45) is 5.92 Å². The number of carbonyl (C=O) groups excluding carboxylic acids is 1. The van der Waals surface area contributed by atoms with Crippen molar-refractivity contribution in [1.82, 2.24) is 0 Å². The van der Waals surface area contributed by atoms with Gasteiger partial charge in [0.1, 0.15) is 0 Å². The van der Waals surface area contributed by atoms with Crippen LogP contribution in [-0.4, -0.2) is 5.78 Å². The molecule has 1 fully saturated rings. The van der Waals surface area contributed by atoms with Gasteiger partial charge in [-0.2, -0.15) is 0 Å². The lowest BCUT2D eigenvalue weighted by Gasteiger charge is -2.04. The maximum atomic E-state index is 11.7. The summed E-state index contributed by atoms with van der Waals surface area (Å²) in [5.41, 5.74) is 2.08. The highest BCUT2D eigenvalue weighted by atomic mass is 79.9. The molecule has 1 saturated carbocycles. The fourth-order valence-electron chi connectivity index (χ4n) is 1.49. The molecule has 0 aliphatic heterocycles. The van der Waals surface area contributed by atoms with E-state index in [1.54, 1.807) is 0 Å². The van der Waals surface area contributed by atoms with Crippen molar-refractivity contribution in [2.45, 2.75) is 24.6 Å². The Morgan fingerprint density at radius 2 is 1.93 bits per heavy atom. The SMILES string of the molecule is CC(Br)c1ccc(C(=O)C2CC2)cc1. The summed E-state index contributed by atoms with van der Waals surface area (Å²) in [6.45, 7) is 2.08. The molecular formula is C12H13BrO. The Balaban J connectivity index is 2.16. The van der Waals surface area contributed by atoms with Crippen molar-refractivity contribution < 1.29 is 4.79 Å². The Hall–Kier alpha value is -0.630. The number of halogens is 1.